The molecule has 0 saturated heterocycles. The molecule has 19 heavy (non-hydrogen) atoms. The van der Waals surface area contributed by atoms with E-state index >= 15 is 0 Å². The van der Waals surface area contributed by atoms with Gasteiger partial charge in [0.2, 0.25) is 0 Å². The second-order valence-corrected chi connectivity index (χ2v) is 11.6. The molecule has 0 aromatic carbocycles. The monoisotopic (exact) mass is 279 g/mol. The molecule has 0 bridgehead atoms. The molecule has 0 aliphatic carbocycles. The molecule has 2 heterocycles. The Bertz CT molecular complexity index is 625. The van der Waals surface area contributed by atoms with Crippen molar-refractivity contribution in [2.45, 2.75) is 32.4 Å². The SMILES string of the molecule is Cn1ccc2c(ncn2COCC[Si](C)(C)C)c1=O. The Balaban J connectivity index is 2.06. The van der Waals surface area contributed by atoms with Gasteiger partial charge >= 0.3 is 0 Å². The molecule has 0 saturated carbocycles. The average Bonchev–Trinajstić information content (AvgIpc) is 2.72. The molecule has 2 aromatic heterocycles. The number of imidazole rings is 1. The number of aromatic nitrogens is 3. The molecule has 0 aliphatic heterocycles. The van der Waals surface area contributed by atoms with Crippen molar-refractivity contribution in [3.8, 4) is 0 Å². The van der Waals surface area contributed by atoms with E-state index < -0.39 is 8.07 Å². The van der Waals surface area contributed by atoms with Gasteiger partial charge in [0.25, 0.3) is 5.56 Å². The molecule has 2 rings (SSSR count). The lowest BCUT2D eigenvalue weighted by atomic mass is 10.4. The maximum absolute atomic E-state index is 11.9. The number of nitrogens with zero attached hydrogens (tertiary/aromatic N) is 3. The third kappa shape index (κ3) is 3.33. The van der Waals surface area contributed by atoms with Crippen LogP contribution < -0.4 is 5.56 Å². The fraction of sp³-hybridized carbons (Fsp3) is 0.538. The van der Waals surface area contributed by atoms with E-state index in [2.05, 4.69) is 24.6 Å². The Labute approximate surface area is 113 Å². The van der Waals surface area contributed by atoms with Crippen molar-refractivity contribution in [3.05, 3.63) is 28.9 Å². The van der Waals surface area contributed by atoms with Crippen molar-refractivity contribution in [3.63, 3.8) is 0 Å². The van der Waals surface area contributed by atoms with Gasteiger partial charge in [-0.2, -0.15) is 0 Å². The Hall–Kier alpha value is -1.40. The van der Waals surface area contributed by atoms with Crippen LogP contribution in [0, 0.1) is 0 Å². The lowest BCUT2D eigenvalue weighted by molar-refractivity contribution is 0.0898. The summed E-state index contributed by atoms with van der Waals surface area (Å²) < 4.78 is 9.09. The van der Waals surface area contributed by atoms with Crippen LogP contribution in [-0.2, 0) is 18.5 Å². The highest BCUT2D eigenvalue weighted by Crippen LogP contribution is 2.10. The smallest absolute Gasteiger partial charge is 0.278 e. The van der Waals surface area contributed by atoms with Crippen LogP contribution in [0.1, 0.15) is 0 Å². The quantitative estimate of drug-likeness (QED) is 0.621. The summed E-state index contributed by atoms with van der Waals surface area (Å²) >= 11 is 0. The van der Waals surface area contributed by atoms with Crippen molar-refractivity contribution >= 4 is 19.1 Å². The summed E-state index contributed by atoms with van der Waals surface area (Å²) in [6.07, 6.45) is 3.42. The predicted molar refractivity (Wildman–Crippen MR) is 79.1 cm³/mol. The minimum Gasteiger partial charge on any atom is -0.361 e. The molecule has 0 radical (unpaired) electrons. The van der Waals surface area contributed by atoms with Gasteiger partial charge in [0.05, 0.1) is 11.8 Å². The molecule has 0 spiro atoms. The summed E-state index contributed by atoms with van der Waals surface area (Å²) in [7, 11) is 0.675. The van der Waals surface area contributed by atoms with Crippen LogP contribution >= 0.6 is 0 Å². The number of hydrogen-bond donors (Lipinski definition) is 0. The summed E-state index contributed by atoms with van der Waals surface area (Å²) in [5.41, 5.74) is 1.26. The van der Waals surface area contributed by atoms with Crippen molar-refractivity contribution in [1.82, 2.24) is 14.1 Å². The summed E-state index contributed by atoms with van der Waals surface area (Å²) in [6, 6.07) is 3.03. The highest BCUT2D eigenvalue weighted by Gasteiger charge is 2.12. The first kappa shape index (κ1) is 14.0. The number of rotatable bonds is 5. The molecule has 5 nitrogen and oxygen atoms in total. The maximum atomic E-state index is 11.9. The maximum Gasteiger partial charge on any atom is 0.278 e. The molecule has 0 unspecified atom stereocenters. The van der Waals surface area contributed by atoms with E-state index in [4.69, 9.17) is 4.74 Å². The third-order valence-electron chi connectivity index (χ3n) is 3.08. The first-order chi connectivity index (χ1) is 8.88. The summed E-state index contributed by atoms with van der Waals surface area (Å²) in [5, 5.41) is 0. The zero-order valence-electron chi connectivity index (χ0n) is 12.0. The van der Waals surface area contributed by atoms with Crippen LogP contribution in [0.2, 0.25) is 25.7 Å². The molecule has 2 aromatic rings. The van der Waals surface area contributed by atoms with E-state index in [0.717, 1.165) is 18.2 Å². The Morgan fingerprint density at radius 2 is 2.11 bits per heavy atom. The van der Waals surface area contributed by atoms with E-state index in [1.165, 1.54) is 4.57 Å². The largest absolute Gasteiger partial charge is 0.361 e. The zero-order chi connectivity index (χ0) is 14.0. The minimum absolute atomic E-state index is 0.0710. The second-order valence-electron chi connectivity index (χ2n) is 6.03. The van der Waals surface area contributed by atoms with E-state index in [-0.39, 0.29) is 5.56 Å². The van der Waals surface area contributed by atoms with Crippen molar-refractivity contribution in [2.24, 2.45) is 7.05 Å². The molecule has 104 valence electrons. The molecule has 0 N–H and O–H groups in total. The summed E-state index contributed by atoms with van der Waals surface area (Å²) in [5.74, 6) is 0. The van der Waals surface area contributed by atoms with Crippen LogP contribution in [0.15, 0.2) is 23.4 Å². The van der Waals surface area contributed by atoms with Crippen LogP contribution in [-0.4, -0.2) is 28.8 Å². The van der Waals surface area contributed by atoms with E-state index in [1.54, 1.807) is 19.6 Å². The van der Waals surface area contributed by atoms with Crippen LogP contribution in [0.25, 0.3) is 11.0 Å². The van der Waals surface area contributed by atoms with Gasteiger partial charge in [-0.3, -0.25) is 4.79 Å². The average molecular weight is 279 g/mol. The molecule has 0 atom stereocenters. The molecule has 0 fully saturated rings. The fourth-order valence-electron chi connectivity index (χ4n) is 1.79. The number of hydrogen-bond acceptors (Lipinski definition) is 3. The van der Waals surface area contributed by atoms with E-state index in [1.807, 2.05) is 10.6 Å². The summed E-state index contributed by atoms with van der Waals surface area (Å²) in [6.45, 7) is 8.19. The topological polar surface area (TPSA) is 49.0 Å². The van der Waals surface area contributed by atoms with Crippen LogP contribution in [0.5, 0.6) is 0 Å². The molecule has 0 aliphatic rings. The van der Waals surface area contributed by atoms with Crippen LogP contribution in [0.3, 0.4) is 0 Å². The molecule has 6 heteroatoms. The molecular weight excluding hydrogens is 258 g/mol. The number of ether oxygens (including phenoxy) is 1. The van der Waals surface area contributed by atoms with E-state index in [9.17, 15) is 4.79 Å². The predicted octanol–water partition coefficient (Wildman–Crippen LogP) is 2.05. The molecular formula is C13H21N3O2Si. The first-order valence-electron chi connectivity index (χ1n) is 6.47. The minimum atomic E-state index is -1.05. The highest BCUT2D eigenvalue weighted by atomic mass is 28.3. The number of aryl methyl sites for hydroxylation is 1. The lowest BCUT2D eigenvalue weighted by Crippen LogP contribution is -2.22. The van der Waals surface area contributed by atoms with Gasteiger partial charge in [0.1, 0.15) is 6.73 Å². The van der Waals surface area contributed by atoms with Crippen LogP contribution in [0.4, 0.5) is 0 Å². The Kier molecular flexibility index (Phi) is 3.91. The van der Waals surface area contributed by atoms with Crippen molar-refractivity contribution in [2.75, 3.05) is 6.61 Å². The van der Waals surface area contributed by atoms with Gasteiger partial charge in [-0.05, 0) is 12.1 Å². The standard InChI is InChI=1S/C13H21N3O2Si/c1-15-6-5-11-12(13(15)17)14-9-16(11)10-18-7-8-19(2,3)4/h5-6,9H,7-8,10H2,1-4H3. The zero-order valence-corrected chi connectivity index (χ0v) is 13.0. The fourth-order valence-corrected chi connectivity index (χ4v) is 2.55. The first-order valence-corrected chi connectivity index (χ1v) is 10.2. The summed E-state index contributed by atoms with van der Waals surface area (Å²) in [4.78, 5) is 16.0. The Morgan fingerprint density at radius 1 is 1.37 bits per heavy atom. The highest BCUT2D eigenvalue weighted by molar-refractivity contribution is 6.76. The lowest BCUT2D eigenvalue weighted by Gasteiger charge is -2.15. The molecule has 0 amide bonds. The van der Waals surface area contributed by atoms with Gasteiger partial charge in [-0.15, -0.1) is 0 Å². The van der Waals surface area contributed by atoms with Crippen molar-refractivity contribution in [1.29, 1.82) is 0 Å². The number of fused-ring (bicyclic) bond motifs is 1. The van der Waals surface area contributed by atoms with Gasteiger partial charge in [-0.1, -0.05) is 19.6 Å². The van der Waals surface area contributed by atoms with E-state index in [0.29, 0.717) is 12.2 Å². The Morgan fingerprint density at radius 3 is 2.79 bits per heavy atom. The second kappa shape index (κ2) is 5.30. The third-order valence-corrected chi connectivity index (χ3v) is 4.79. The van der Waals surface area contributed by atoms with Gasteiger partial charge in [-0.25, -0.2) is 4.98 Å². The number of pyridine rings is 1. The van der Waals surface area contributed by atoms with Gasteiger partial charge in [0.15, 0.2) is 5.52 Å². The van der Waals surface area contributed by atoms with Gasteiger partial charge < -0.3 is 13.9 Å². The van der Waals surface area contributed by atoms with Gasteiger partial charge in [0, 0.05) is 27.9 Å². The normalized spacial score (nSPS) is 12.2. The van der Waals surface area contributed by atoms with Crippen molar-refractivity contribution < 1.29 is 4.74 Å².